The molecular formula is C20H18ClF3N4O2S2. The summed E-state index contributed by atoms with van der Waals surface area (Å²) in [6.07, 6.45) is -3.10. The smallest absolute Gasteiger partial charge is 0.340 e. The Morgan fingerprint density at radius 1 is 1.00 bits per heavy atom. The van der Waals surface area contributed by atoms with Gasteiger partial charge in [0.25, 0.3) is 0 Å². The average molecular weight is 503 g/mol. The van der Waals surface area contributed by atoms with Crippen LogP contribution >= 0.6 is 23.4 Å². The van der Waals surface area contributed by atoms with Gasteiger partial charge in [-0.3, -0.25) is 0 Å². The molecular weight excluding hydrogens is 485 g/mol. The first-order chi connectivity index (χ1) is 15.1. The highest BCUT2D eigenvalue weighted by atomic mass is 35.5. The van der Waals surface area contributed by atoms with Crippen LogP contribution < -0.4 is 10.6 Å². The van der Waals surface area contributed by atoms with Gasteiger partial charge >= 0.3 is 6.18 Å². The summed E-state index contributed by atoms with van der Waals surface area (Å²) >= 11 is 6.43. The van der Waals surface area contributed by atoms with Crippen LogP contribution in [0.4, 0.5) is 36.2 Å². The first kappa shape index (κ1) is 24.1. The monoisotopic (exact) mass is 502 g/mol. The van der Waals surface area contributed by atoms with Crippen LogP contribution in [0.5, 0.6) is 0 Å². The molecule has 3 aromatic rings. The molecule has 2 aromatic carbocycles. The van der Waals surface area contributed by atoms with E-state index in [4.69, 9.17) is 11.6 Å². The van der Waals surface area contributed by atoms with Gasteiger partial charge in [0.1, 0.15) is 18.0 Å². The molecule has 0 amide bonds. The van der Waals surface area contributed by atoms with Crippen molar-refractivity contribution < 1.29 is 21.6 Å². The number of benzene rings is 2. The fourth-order valence-electron chi connectivity index (χ4n) is 2.57. The van der Waals surface area contributed by atoms with Crippen molar-refractivity contribution in [1.82, 2.24) is 9.97 Å². The van der Waals surface area contributed by atoms with Crippen LogP contribution in [-0.2, 0) is 9.84 Å². The Labute approximate surface area is 192 Å². The van der Waals surface area contributed by atoms with Crippen LogP contribution in [0.3, 0.4) is 0 Å². The zero-order valence-electron chi connectivity index (χ0n) is 16.6. The number of hydrogen-bond acceptors (Lipinski definition) is 7. The molecule has 0 saturated heterocycles. The lowest BCUT2D eigenvalue weighted by Crippen LogP contribution is -2.11. The Morgan fingerprint density at radius 2 is 1.66 bits per heavy atom. The summed E-state index contributed by atoms with van der Waals surface area (Å²) in [4.78, 5) is 8.45. The number of halogens is 4. The molecule has 32 heavy (non-hydrogen) atoms. The maximum Gasteiger partial charge on any atom is 0.398 e. The maximum atomic E-state index is 12.7. The van der Waals surface area contributed by atoms with Gasteiger partial charge in [0.2, 0.25) is 0 Å². The summed E-state index contributed by atoms with van der Waals surface area (Å²) in [7, 11) is -3.55. The van der Waals surface area contributed by atoms with Crippen molar-refractivity contribution >= 4 is 56.2 Å². The summed E-state index contributed by atoms with van der Waals surface area (Å²) in [6, 6.07) is 12.4. The predicted octanol–water partition coefficient (Wildman–Crippen LogP) is 6.07. The van der Waals surface area contributed by atoms with Gasteiger partial charge in [0, 0.05) is 21.7 Å². The molecule has 1 heterocycles. The lowest BCUT2D eigenvalue weighted by molar-refractivity contribution is -0.105. The minimum absolute atomic E-state index is 0.00688. The van der Waals surface area contributed by atoms with Crippen molar-refractivity contribution in [3.63, 3.8) is 0 Å². The van der Waals surface area contributed by atoms with E-state index in [2.05, 4.69) is 20.6 Å². The second kappa shape index (κ2) is 9.97. The number of alkyl halides is 3. The van der Waals surface area contributed by atoms with Crippen LogP contribution in [0.2, 0.25) is 5.02 Å². The minimum Gasteiger partial charge on any atom is -0.340 e. The van der Waals surface area contributed by atoms with Crippen LogP contribution in [0.1, 0.15) is 6.92 Å². The van der Waals surface area contributed by atoms with Gasteiger partial charge < -0.3 is 10.6 Å². The summed E-state index contributed by atoms with van der Waals surface area (Å²) in [5.74, 6) is -0.554. The van der Waals surface area contributed by atoms with Gasteiger partial charge in [-0.2, -0.15) is 13.2 Å². The zero-order valence-corrected chi connectivity index (χ0v) is 19.0. The molecule has 0 aliphatic heterocycles. The Hall–Kier alpha value is -2.50. The molecule has 0 fully saturated rings. The normalized spacial score (nSPS) is 11.9. The Morgan fingerprint density at radius 3 is 2.28 bits per heavy atom. The predicted molar refractivity (Wildman–Crippen MR) is 121 cm³/mol. The van der Waals surface area contributed by atoms with Crippen molar-refractivity contribution in [2.24, 2.45) is 0 Å². The van der Waals surface area contributed by atoms with Crippen molar-refractivity contribution in [3.05, 3.63) is 59.9 Å². The average Bonchev–Trinajstić information content (AvgIpc) is 2.74. The number of aromatic nitrogens is 2. The third-order valence-electron chi connectivity index (χ3n) is 4.13. The second-order valence-electron chi connectivity index (χ2n) is 6.51. The first-order valence-electron chi connectivity index (χ1n) is 9.24. The van der Waals surface area contributed by atoms with Crippen molar-refractivity contribution in [1.29, 1.82) is 0 Å². The van der Waals surface area contributed by atoms with E-state index in [0.29, 0.717) is 22.6 Å². The number of rotatable bonds is 8. The largest absolute Gasteiger partial charge is 0.398 e. The van der Waals surface area contributed by atoms with Gasteiger partial charge in [0.05, 0.1) is 22.1 Å². The SMILES string of the molecule is CCS(=O)(=O)c1ccc(SCC(F)(F)F)c(Nc2cc(Nc3ccc(Cl)cc3)ncn2)c1. The summed E-state index contributed by atoms with van der Waals surface area (Å²) in [6.45, 7) is 1.49. The molecule has 0 aliphatic rings. The Bertz CT molecular complexity index is 1190. The van der Waals surface area contributed by atoms with Gasteiger partial charge in [-0.25, -0.2) is 18.4 Å². The van der Waals surface area contributed by atoms with Gasteiger partial charge in [0.15, 0.2) is 9.84 Å². The zero-order chi connectivity index (χ0) is 23.4. The van der Waals surface area contributed by atoms with Crippen molar-refractivity contribution in [3.8, 4) is 0 Å². The molecule has 2 N–H and O–H groups in total. The highest BCUT2D eigenvalue weighted by Gasteiger charge is 2.28. The molecule has 1 aromatic heterocycles. The Kier molecular flexibility index (Phi) is 7.52. The van der Waals surface area contributed by atoms with E-state index in [0.717, 1.165) is 5.69 Å². The lowest BCUT2D eigenvalue weighted by Gasteiger charge is -2.15. The number of anilines is 4. The number of hydrogen-bond donors (Lipinski definition) is 2. The molecule has 170 valence electrons. The molecule has 0 atom stereocenters. The van der Waals surface area contributed by atoms with E-state index in [1.165, 1.54) is 31.5 Å². The standard InChI is InChI=1S/C20H18ClF3N4O2S2/c1-2-32(29,30)15-7-8-17(31-11-20(22,23)24)16(9-15)28-19-10-18(25-12-26-19)27-14-5-3-13(21)4-6-14/h3-10,12H,2,11H2,1H3,(H2,25,26,27,28). The van der Waals surface area contributed by atoms with E-state index in [-0.39, 0.29) is 27.0 Å². The molecule has 12 heteroatoms. The Balaban J connectivity index is 1.89. The van der Waals surface area contributed by atoms with Gasteiger partial charge in [-0.1, -0.05) is 18.5 Å². The molecule has 3 rings (SSSR count). The van der Waals surface area contributed by atoms with Crippen LogP contribution in [0, 0.1) is 0 Å². The maximum absolute atomic E-state index is 12.7. The van der Waals surface area contributed by atoms with Crippen molar-refractivity contribution in [2.75, 3.05) is 22.1 Å². The highest BCUT2D eigenvalue weighted by Crippen LogP contribution is 2.35. The fourth-order valence-corrected chi connectivity index (χ4v) is 4.35. The van der Waals surface area contributed by atoms with E-state index in [1.807, 2.05) is 0 Å². The molecule has 0 saturated carbocycles. The van der Waals surface area contributed by atoms with Crippen molar-refractivity contribution in [2.45, 2.75) is 22.9 Å². The van der Waals surface area contributed by atoms with E-state index < -0.39 is 21.8 Å². The van der Waals surface area contributed by atoms with Crippen LogP contribution in [0.15, 0.2) is 64.6 Å². The summed E-state index contributed by atoms with van der Waals surface area (Å²) in [5.41, 5.74) is 0.918. The quantitative estimate of drug-likeness (QED) is 0.362. The van der Waals surface area contributed by atoms with E-state index in [1.54, 1.807) is 30.3 Å². The van der Waals surface area contributed by atoms with Gasteiger partial charge in [-0.15, -0.1) is 11.8 Å². The minimum atomic E-state index is -4.37. The van der Waals surface area contributed by atoms with Gasteiger partial charge in [-0.05, 0) is 42.5 Å². The highest BCUT2D eigenvalue weighted by molar-refractivity contribution is 7.99. The first-order valence-corrected chi connectivity index (χ1v) is 12.3. The number of nitrogens with one attached hydrogen (secondary N) is 2. The van der Waals surface area contributed by atoms with Crippen LogP contribution in [-0.4, -0.2) is 36.1 Å². The molecule has 0 aliphatic carbocycles. The summed E-state index contributed by atoms with van der Waals surface area (Å²) < 4.78 is 62.7. The topological polar surface area (TPSA) is 84.0 Å². The van der Waals surface area contributed by atoms with E-state index >= 15 is 0 Å². The molecule has 0 bridgehead atoms. The second-order valence-corrected chi connectivity index (χ2v) is 10.2. The lowest BCUT2D eigenvalue weighted by atomic mass is 10.3. The fraction of sp³-hybridized carbons (Fsp3) is 0.200. The number of nitrogens with zero attached hydrogens (tertiary/aromatic N) is 2. The summed E-state index contributed by atoms with van der Waals surface area (Å²) in [5, 5.41) is 6.55. The van der Waals surface area contributed by atoms with E-state index in [9.17, 15) is 21.6 Å². The third kappa shape index (κ3) is 6.75. The molecule has 0 unspecified atom stereocenters. The number of sulfone groups is 1. The molecule has 6 nitrogen and oxygen atoms in total. The molecule has 0 radical (unpaired) electrons. The number of thioether (sulfide) groups is 1. The molecule has 0 spiro atoms. The van der Waals surface area contributed by atoms with Crippen LogP contribution in [0.25, 0.3) is 0 Å². The third-order valence-corrected chi connectivity index (χ3v) is 7.25.